The van der Waals surface area contributed by atoms with E-state index in [2.05, 4.69) is 42.2 Å². The second-order valence-corrected chi connectivity index (χ2v) is 9.20. The second kappa shape index (κ2) is 7.22. The molecule has 0 saturated carbocycles. The Morgan fingerprint density at radius 3 is 2.43 bits per heavy atom. The molecule has 4 rings (SSSR count). The van der Waals surface area contributed by atoms with Gasteiger partial charge in [0, 0.05) is 23.7 Å². The fourth-order valence-corrected chi connectivity index (χ4v) is 4.50. The van der Waals surface area contributed by atoms with Crippen molar-refractivity contribution >= 4 is 5.91 Å². The number of nitrogens with zero attached hydrogens (tertiary/aromatic N) is 4. The summed E-state index contributed by atoms with van der Waals surface area (Å²) in [6.07, 6.45) is 6.11. The van der Waals surface area contributed by atoms with Crippen molar-refractivity contribution in [2.75, 3.05) is 6.61 Å². The molecule has 2 aromatic rings. The lowest BCUT2D eigenvalue weighted by molar-refractivity contribution is -0.138. The normalized spacial score (nSPS) is 24.4. The molecule has 2 saturated heterocycles. The van der Waals surface area contributed by atoms with Gasteiger partial charge in [0.1, 0.15) is 5.75 Å². The predicted molar refractivity (Wildman–Crippen MR) is 107 cm³/mol. The average molecular weight is 383 g/mol. The summed E-state index contributed by atoms with van der Waals surface area (Å²) in [5.74, 6) is 0.888. The highest BCUT2D eigenvalue weighted by Gasteiger charge is 2.44. The fraction of sp³-hybridized carbons (Fsp3) is 0.591. The Kier molecular flexibility index (Phi) is 4.89. The lowest BCUT2D eigenvalue weighted by Crippen LogP contribution is -2.48. The molecular weight excluding hydrogens is 352 g/mol. The third-order valence-electron chi connectivity index (χ3n) is 6.09. The van der Waals surface area contributed by atoms with Crippen molar-refractivity contribution < 1.29 is 9.53 Å². The smallest absolute Gasteiger partial charge is 0.261 e. The maximum Gasteiger partial charge on any atom is 0.261 e. The maximum absolute atomic E-state index is 12.9. The van der Waals surface area contributed by atoms with Crippen LogP contribution in [-0.4, -0.2) is 44.5 Å². The van der Waals surface area contributed by atoms with Gasteiger partial charge in [-0.1, -0.05) is 44.2 Å². The van der Waals surface area contributed by atoms with E-state index in [1.165, 1.54) is 0 Å². The number of amides is 1. The predicted octanol–water partition coefficient (Wildman–Crippen LogP) is 3.66. The van der Waals surface area contributed by atoms with Gasteiger partial charge in [-0.15, -0.1) is 5.10 Å². The zero-order valence-corrected chi connectivity index (χ0v) is 17.3. The fourth-order valence-electron chi connectivity index (χ4n) is 4.50. The molecule has 28 heavy (non-hydrogen) atoms. The molecule has 0 N–H and O–H groups in total. The Morgan fingerprint density at radius 2 is 1.82 bits per heavy atom. The number of ether oxygens (including phenoxy) is 1. The summed E-state index contributed by atoms with van der Waals surface area (Å²) >= 11 is 0. The van der Waals surface area contributed by atoms with Gasteiger partial charge in [-0.3, -0.25) is 4.79 Å². The van der Waals surface area contributed by atoms with Crippen molar-refractivity contribution in [2.24, 2.45) is 0 Å². The topological polar surface area (TPSA) is 60.2 Å². The summed E-state index contributed by atoms with van der Waals surface area (Å²) in [4.78, 5) is 15.0. The Balaban J connectivity index is 1.40. The molecule has 0 radical (unpaired) electrons. The van der Waals surface area contributed by atoms with Crippen LogP contribution in [0.2, 0.25) is 0 Å². The number of carbonyl (C=O) groups excluding carboxylic acids is 1. The molecule has 0 spiro atoms. The highest BCUT2D eigenvalue weighted by Crippen LogP contribution is 2.41. The van der Waals surface area contributed by atoms with E-state index in [0.717, 1.165) is 42.7 Å². The minimum absolute atomic E-state index is 0.000802. The van der Waals surface area contributed by atoms with Gasteiger partial charge in [0.05, 0.1) is 11.7 Å². The highest BCUT2D eigenvalue weighted by molar-refractivity contribution is 5.79. The Morgan fingerprint density at radius 1 is 1.14 bits per heavy atom. The molecule has 1 aromatic carbocycles. The third-order valence-corrected chi connectivity index (χ3v) is 6.09. The Hall–Kier alpha value is -2.37. The van der Waals surface area contributed by atoms with Crippen LogP contribution in [0.1, 0.15) is 63.8 Å². The molecule has 1 amide bonds. The van der Waals surface area contributed by atoms with E-state index in [9.17, 15) is 4.79 Å². The van der Waals surface area contributed by atoms with Crippen LogP contribution in [-0.2, 0) is 10.2 Å². The summed E-state index contributed by atoms with van der Waals surface area (Å²) < 4.78 is 7.84. The van der Waals surface area contributed by atoms with E-state index < -0.39 is 0 Å². The van der Waals surface area contributed by atoms with Gasteiger partial charge < -0.3 is 9.64 Å². The summed E-state index contributed by atoms with van der Waals surface area (Å²) in [5.41, 5.74) is 2.07. The molecule has 1 aromatic heterocycles. The molecular formula is C22H30N4O2. The van der Waals surface area contributed by atoms with Crippen LogP contribution in [0.15, 0.2) is 30.5 Å². The first-order valence-corrected chi connectivity index (χ1v) is 10.2. The molecule has 150 valence electrons. The molecule has 2 unspecified atom stereocenters. The van der Waals surface area contributed by atoms with Gasteiger partial charge >= 0.3 is 0 Å². The number of benzene rings is 1. The summed E-state index contributed by atoms with van der Waals surface area (Å²) in [7, 11) is 0. The largest absolute Gasteiger partial charge is 0.484 e. The molecule has 6 nitrogen and oxygen atoms in total. The van der Waals surface area contributed by atoms with Gasteiger partial charge in [0.25, 0.3) is 5.91 Å². The molecule has 3 heterocycles. The summed E-state index contributed by atoms with van der Waals surface area (Å²) in [6.45, 7) is 8.57. The number of hydrogen-bond acceptors (Lipinski definition) is 4. The zero-order chi connectivity index (χ0) is 19.9. The lowest BCUT2D eigenvalue weighted by atomic mass is 9.93. The minimum atomic E-state index is 0.000802. The van der Waals surface area contributed by atoms with E-state index >= 15 is 0 Å². The second-order valence-electron chi connectivity index (χ2n) is 9.20. The van der Waals surface area contributed by atoms with Crippen molar-refractivity contribution in [3.8, 4) is 5.75 Å². The monoisotopic (exact) mass is 382 g/mol. The van der Waals surface area contributed by atoms with Gasteiger partial charge in [-0.05, 0) is 44.2 Å². The van der Waals surface area contributed by atoms with Gasteiger partial charge in [-0.2, -0.15) is 0 Å². The van der Waals surface area contributed by atoms with Crippen LogP contribution in [0, 0.1) is 6.92 Å². The van der Waals surface area contributed by atoms with Crippen molar-refractivity contribution in [1.82, 2.24) is 19.9 Å². The van der Waals surface area contributed by atoms with Crippen LogP contribution in [0.25, 0.3) is 0 Å². The quantitative estimate of drug-likeness (QED) is 0.810. The van der Waals surface area contributed by atoms with Crippen LogP contribution in [0.5, 0.6) is 5.75 Å². The van der Waals surface area contributed by atoms with E-state index in [1.807, 2.05) is 35.9 Å². The van der Waals surface area contributed by atoms with E-state index in [-0.39, 0.29) is 30.0 Å². The van der Waals surface area contributed by atoms with E-state index in [0.29, 0.717) is 6.04 Å². The molecule has 2 aliphatic heterocycles. The molecule has 0 aliphatic carbocycles. The van der Waals surface area contributed by atoms with Crippen molar-refractivity contribution in [1.29, 1.82) is 0 Å². The van der Waals surface area contributed by atoms with Crippen LogP contribution in [0.3, 0.4) is 0 Å². The van der Waals surface area contributed by atoms with Crippen LogP contribution >= 0.6 is 0 Å². The molecule has 2 fully saturated rings. The molecule has 2 atom stereocenters. The Labute approximate surface area is 166 Å². The van der Waals surface area contributed by atoms with Crippen molar-refractivity contribution in [3.05, 3.63) is 41.7 Å². The molecule has 6 heteroatoms. The van der Waals surface area contributed by atoms with Crippen LogP contribution in [0.4, 0.5) is 0 Å². The first-order chi connectivity index (χ1) is 13.3. The minimum Gasteiger partial charge on any atom is -0.484 e. The Bertz CT molecular complexity index is 840. The highest BCUT2D eigenvalue weighted by atomic mass is 16.5. The van der Waals surface area contributed by atoms with Crippen molar-refractivity contribution in [2.45, 2.75) is 76.9 Å². The number of aryl methyl sites for hydroxylation is 1. The number of para-hydroxylation sites is 1. The first-order valence-electron chi connectivity index (χ1n) is 10.2. The SMILES string of the molecule is Cc1ccccc1OCC(=O)N1C2CCC1CC(n1cc(C(C)(C)C)nn1)C2. The van der Waals surface area contributed by atoms with Gasteiger partial charge in [0.2, 0.25) is 0 Å². The summed E-state index contributed by atoms with van der Waals surface area (Å²) in [6, 6.07) is 8.70. The maximum atomic E-state index is 12.9. The number of aromatic nitrogens is 3. The van der Waals surface area contributed by atoms with Crippen LogP contribution < -0.4 is 4.74 Å². The number of hydrogen-bond donors (Lipinski definition) is 0. The molecule has 2 aliphatic rings. The van der Waals surface area contributed by atoms with Gasteiger partial charge in [-0.25, -0.2) is 4.68 Å². The number of piperidine rings is 1. The standard InChI is InChI=1S/C22H30N4O2/c1-15-7-5-6-8-19(15)28-14-21(27)26-16-9-10-17(26)12-18(11-16)25-13-20(23-24-25)22(2,3)4/h5-8,13,16-18H,9-12,14H2,1-4H3. The third kappa shape index (κ3) is 3.64. The van der Waals surface area contributed by atoms with E-state index in [4.69, 9.17) is 4.74 Å². The number of rotatable bonds is 4. The zero-order valence-electron chi connectivity index (χ0n) is 17.3. The molecule has 2 bridgehead atoms. The summed E-state index contributed by atoms with van der Waals surface area (Å²) in [5, 5.41) is 8.77. The number of fused-ring (bicyclic) bond motifs is 2. The van der Waals surface area contributed by atoms with Crippen molar-refractivity contribution in [3.63, 3.8) is 0 Å². The van der Waals surface area contributed by atoms with E-state index in [1.54, 1.807) is 0 Å². The average Bonchev–Trinajstić information content (AvgIpc) is 3.24. The number of carbonyl (C=O) groups is 1. The lowest BCUT2D eigenvalue weighted by Gasteiger charge is -2.38. The van der Waals surface area contributed by atoms with Gasteiger partial charge in [0.15, 0.2) is 6.61 Å². The first kappa shape index (κ1) is 19.0.